The normalized spacial score (nSPS) is 17.6. The van der Waals surface area contributed by atoms with Crippen LogP contribution in [-0.4, -0.2) is 29.3 Å². The number of amides is 2. The summed E-state index contributed by atoms with van der Waals surface area (Å²) in [4.78, 5) is 26.7. The number of nitrogens with zero attached hydrogens (tertiary/aromatic N) is 1. The molecule has 1 N–H and O–H groups in total. The number of hydrogen-bond donors (Lipinski definition) is 1. The van der Waals surface area contributed by atoms with Gasteiger partial charge in [0.2, 0.25) is 11.8 Å². The minimum Gasteiger partial charge on any atom is -0.349 e. The van der Waals surface area contributed by atoms with Gasteiger partial charge in [-0.2, -0.15) is 0 Å². The van der Waals surface area contributed by atoms with Gasteiger partial charge in [-0.15, -0.1) is 0 Å². The number of likely N-dealkylation sites (tertiary alicyclic amines) is 1. The van der Waals surface area contributed by atoms with Crippen LogP contribution in [0.1, 0.15) is 43.4 Å². The first-order valence-corrected chi connectivity index (χ1v) is 9.76. The molecule has 1 heterocycles. The van der Waals surface area contributed by atoms with E-state index in [0.717, 1.165) is 31.4 Å². The van der Waals surface area contributed by atoms with E-state index in [1.54, 1.807) is 12.1 Å². The molecule has 5 heteroatoms. The van der Waals surface area contributed by atoms with Gasteiger partial charge in [-0.25, -0.2) is 0 Å². The standard InChI is InChI=1S/C22H25ClN2O2/c1-16(26)24-21(18-9-11-19(23)12-10-18)15-22(27)25-13-5-8-20(25)14-17-6-3-2-4-7-17/h2-4,6-7,9-12,20-21H,5,8,13-15H2,1H3,(H,24,26). The Kier molecular flexibility index (Phi) is 6.51. The van der Waals surface area contributed by atoms with Gasteiger partial charge >= 0.3 is 0 Å². The van der Waals surface area contributed by atoms with Gasteiger partial charge < -0.3 is 10.2 Å². The summed E-state index contributed by atoms with van der Waals surface area (Å²) < 4.78 is 0. The topological polar surface area (TPSA) is 49.4 Å². The van der Waals surface area contributed by atoms with Gasteiger partial charge in [-0.3, -0.25) is 9.59 Å². The van der Waals surface area contributed by atoms with Crippen LogP contribution >= 0.6 is 11.6 Å². The van der Waals surface area contributed by atoms with Crippen LogP contribution in [0.5, 0.6) is 0 Å². The molecule has 2 unspecified atom stereocenters. The van der Waals surface area contributed by atoms with Gasteiger partial charge in [-0.1, -0.05) is 54.1 Å². The molecule has 0 bridgehead atoms. The summed E-state index contributed by atoms with van der Waals surface area (Å²) in [5.74, 6) is -0.0628. The fraction of sp³-hybridized carbons (Fsp3) is 0.364. The third kappa shape index (κ3) is 5.33. The van der Waals surface area contributed by atoms with E-state index >= 15 is 0 Å². The van der Waals surface area contributed by atoms with Crippen LogP contribution in [0.4, 0.5) is 0 Å². The second kappa shape index (κ2) is 9.05. The number of rotatable bonds is 6. The maximum absolute atomic E-state index is 13.0. The van der Waals surface area contributed by atoms with E-state index in [-0.39, 0.29) is 30.3 Å². The summed E-state index contributed by atoms with van der Waals surface area (Å²) in [7, 11) is 0. The van der Waals surface area contributed by atoms with Crippen molar-refractivity contribution >= 4 is 23.4 Å². The van der Waals surface area contributed by atoms with Crippen LogP contribution in [0.25, 0.3) is 0 Å². The van der Waals surface area contributed by atoms with Crippen molar-refractivity contribution in [3.63, 3.8) is 0 Å². The van der Waals surface area contributed by atoms with Crippen molar-refractivity contribution in [3.05, 3.63) is 70.7 Å². The molecular formula is C22H25ClN2O2. The lowest BCUT2D eigenvalue weighted by Crippen LogP contribution is -2.39. The SMILES string of the molecule is CC(=O)NC(CC(=O)N1CCCC1Cc1ccccc1)c1ccc(Cl)cc1. The molecule has 2 aromatic carbocycles. The van der Waals surface area contributed by atoms with Crippen LogP contribution in [0, 0.1) is 0 Å². The van der Waals surface area contributed by atoms with Crippen LogP contribution < -0.4 is 5.32 Å². The molecule has 0 radical (unpaired) electrons. The highest BCUT2D eigenvalue weighted by molar-refractivity contribution is 6.30. The molecule has 27 heavy (non-hydrogen) atoms. The van der Waals surface area contributed by atoms with Gasteiger partial charge in [0.05, 0.1) is 12.5 Å². The quantitative estimate of drug-likeness (QED) is 0.813. The number of halogens is 1. The van der Waals surface area contributed by atoms with Crippen molar-refractivity contribution in [3.8, 4) is 0 Å². The van der Waals surface area contributed by atoms with E-state index in [2.05, 4.69) is 17.4 Å². The number of hydrogen-bond acceptors (Lipinski definition) is 2. The smallest absolute Gasteiger partial charge is 0.225 e. The van der Waals surface area contributed by atoms with E-state index in [1.165, 1.54) is 12.5 Å². The Bertz CT molecular complexity index is 777. The molecule has 0 aromatic heterocycles. The fourth-order valence-electron chi connectivity index (χ4n) is 3.75. The third-order valence-electron chi connectivity index (χ3n) is 5.04. The van der Waals surface area contributed by atoms with E-state index in [4.69, 9.17) is 11.6 Å². The molecule has 142 valence electrons. The Morgan fingerprint density at radius 3 is 2.52 bits per heavy atom. The van der Waals surface area contributed by atoms with Gasteiger partial charge in [0.1, 0.15) is 0 Å². The number of nitrogens with one attached hydrogen (secondary N) is 1. The van der Waals surface area contributed by atoms with Gasteiger partial charge in [0, 0.05) is 24.5 Å². The second-order valence-corrected chi connectivity index (χ2v) is 7.52. The first-order valence-electron chi connectivity index (χ1n) is 9.39. The summed E-state index contributed by atoms with van der Waals surface area (Å²) in [5.41, 5.74) is 2.14. The zero-order valence-corrected chi connectivity index (χ0v) is 16.3. The monoisotopic (exact) mass is 384 g/mol. The lowest BCUT2D eigenvalue weighted by Gasteiger charge is -2.27. The second-order valence-electron chi connectivity index (χ2n) is 7.08. The van der Waals surface area contributed by atoms with E-state index in [9.17, 15) is 9.59 Å². The maximum atomic E-state index is 13.0. The molecule has 0 spiro atoms. The van der Waals surface area contributed by atoms with Crippen LogP contribution in [0.2, 0.25) is 5.02 Å². The Labute approximate surface area is 165 Å². The Morgan fingerprint density at radius 1 is 1.15 bits per heavy atom. The van der Waals surface area contributed by atoms with E-state index in [1.807, 2.05) is 35.2 Å². The largest absolute Gasteiger partial charge is 0.349 e. The number of carbonyl (C=O) groups excluding carboxylic acids is 2. The first kappa shape index (κ1) is 19.4. The highest BCUT2D eigenvalue weighted by Crippen LogP contribution is 2.26. The molecule has 4 nitrogen and oxygen atoms in total. The van der Waals surface area contributed by atoms with Crippen LogP contribution in [0.3, 0.4) is 0 Å². The predicted molar refractivity (Wildman–Crippen MR) is 108 cm³/mol. The molecule has 1 saturated heterocycles. The summed E-state index contributed by atoms with van der Waals surface area (Å²) >= 11 is 5.97. The summed E-state index contributed by atoms with van der Waals surface area (Å²) in [6, 6.07) is 17.5. The fourth-order valence-corrected chi connectivity index (χ4v) is 3.87. The summed E-state index contributed by atoms with van der Waals surface area (Å²) in [6.07, 6.45) is 3.17. The van der Waals surface area contributed by atoms with Gasteiger partial charge in [0.25, 0.3) is 0 Å². The number of carbonyl (C=O) groups is 2. The number of benzene rings is 2. The molecule has 1 fully saturated rings. The third-order valence-corrected chi connectivity index (χ3v) is 5.29. The summed E-state index contributed by atoms with van der Waals surface area (Å²) in [5, 5.41) is 3.54. The highest BCUT2D eigenvalue weighted by Gasteiger charge is 2.30. The summed E-state index contributed by atoms with van der Waals surface area (Å²) in [6.45, 7) is 2.26. The predicted octanol–water partition coefficient (Wildman–Crippen LogP) is 4.14. The Balaban J connectivity index is 1.70. The molecule has 2 amide bonds. The average molecular weight is 385 g/mol. The Morgan fingerprint density at radius 2 is 1.85 bits per heavy atom. The van der Waals surface area contributed by atoms with Crippen molar-refractivity contribution in [1.82, 2.24) is 10.2 Å². The zero-order valence-electron chi connectivity index (χ0n) is 15.5. The molecule has 0 aliphatic carbocycles. The maximum Gasteiger partial charge on any atom is 0.225 e. The molecule has 2 aromatic rings. The van der Waals surface area contributed by atoms with E-state index < -0.39 is 0 Å². The molecular weight excluding hydrogens is 360 g/mol. The molecule has 1 aliphatic heterocycles. The van der Waals surface area contributed by atoms with Crippen LogP contribution in [-0.2, 0) is 16.0 Å². The van der Waals surface area contributed by atoms with E-state index in [0.29, 0.717) is 5.02 Å². The van der Waals surface area contributed by atoms with Crippen molar-refractivity contribution in [2.45, 2.75) is 44.7 Å². The molecule has 2 atom stereocenters. The Hall–Kier alpha value is -2.33. The molecule has 1 aliphatic rings. The molecule has 0 saturated carbocycles. The lowest BCUT2D eigenvalue weighted by molar-refractivity contribution is -0.132. The minimum atomic E-state index is -0.342. The lowest BCUT2D eigenvalue weighted by atomic mass is 10.0. The van der Waals surface area contributed by atoms with Gasteiger partial charge in [-0.05, 0) is 42.5 Å². The van der Waals surface area contributed by atoms with Crippen LogP contribution in [0.15, 0.2) is 54.6 Å². The van der Waals surface area contributed by atoms with Gasteiger partial charge in [0.15, 0.2) is 0 Å². The molecule has 3 rings (SSSR count). The average Bonchev–Trinajstić information content (AvgIpc) is 3.10. The zero-order chi connectivity index (χ0) is 19.2. The minimum absolute atomic E-state index is 0.0853. The van der Waals surface area contributed by atoms with Crippen molar-refractivity contribution in [2.75, 3.05) is 6.54 Å². The van der Waals surface area contributed by atoms with Crippen molar-refractivity contribution < 1.29 is 9.59 Å². The highest BCUT2D eigenvalue weighted by atomic mass is 35.5. The van der Waals surface area contributed by atoms with Crippen molar-refractivity contribution in [1.29, 1.82) is 0 Å². The van der Waals surface area contributed by atoms with Crippen molar-refractivity contribution in [2.24, 2.45) is 0 Å². The first-order chi connectivity index (χ1) is 13.0.